The highest BCUT2D eigenvalue weighted by Gasteiger charge is 2.39. The fourth-order valence-electron chi connectivity index (χ4n) is 2.67. The Balaban J connectivity index is 1.91. The summed E-state index contributed by atoms with van der Waals surface area (Å²) in [7, 11) is 0. The molecular formula is C11H16N2O. The van der Waals surface area contributed by atoms with Crippen molar-refractivity contribution in [3.63, 3.8) is 0 Å². The molecule has 1 aliphatic carbocycles. The average molecular weight is 192 g/mol. The minimum absolute atomic E-state index is 0.307. The highest BCUT2D eigenvalue weighted by molar-refractivity contribution is 5.80. The van der Waals surface area contributed by atoms with Crippen LogP contribution in [0.25, 0.3) is 0 Å². The number of hydrogen-bond acceptors (Lipinski definition) is 2. The van der Waals surface area contributed by atoms with Crippen molar-refractivity contribution in [2.45, 2.75) is 44.6 Å². The van der Waals surface area contributed by atoms with E-state index in [1.54, 1.807) is 0 Å². The van der Waals surface area contributed by atoms with Crippen molar-refractivity contribution in [3.05, 3.63) is 0 Å². The first kappa shape index (κ1) is 9.51. The lowest BCUT2D eigenvalue weighted by atomic mass is 9.79. The third kappa shape index (κ3) is 1.61. The minimum atomic E-state index is 0.307. The van der Waals surface area contributed by atoms with Crippen LogP contribution in [-0.2, 0) is 4.79 Å². The van der Waals surface area contributed by atoms with Gasteiger partial charge in [-0.1, -0.05) is 0 Å². The van der Waals surface area contributed by atoms with Gasteiger partial charge in [0.25, 0.3) is 0 Å². The van der Waals surface area contributed by atoms with Crippen LogP contribution in [0.3, 0.4) is 0 Å². The molecule has 0 aromatic rings. The van der Waals surface area contributed by atoms with Crippen molar-refractivity contribution in [1.82, 2.24) is 4.90 Å². The molecule has 3 heteroatoms. The molecule has 0 radical (unpaired) electrons. The van der Waals surface area contributed by atoms with Crippen LogP contribution < -0.4 is 0 Å². The first-order valence-corrected chi connectivity index (χ1v) is 5.50. The number of carbonyl (C=O) groups is 1. The van der Waals surface area contributed by atoms with Crippen LogP contribution in [-0.4, -0.2) is 23.4 Å². The molecule has 14 heavy (non-hydrogen) atoms. The highest BCUT2D eigenvalue weighted by Crippen LogP contribution is 2.35. The molecule has 3 nitrogen and oxygen atoms in total. The van der Waals surface area contributed by atoms with Crippen LogP contribution in [0.1, 0.15) is 38.5 Å². The van der Waals surface area contributed by atoms with Gasteiger partial charge in [-0.2, -0.15) is 5.26 Å². The lowest BCUT2D eigenvalue weighted by Crippen LogP contribution is -2.52. The Bertz CT molecular complexity index is 261. The Labute approximate surface area is 84.7 Å². The number of hydrogen-bond donors (Lipinski definition) is 0. The van der Waals surface area contributed by atoms with E-state index in [-0.39, 0.29) is 0 Å². The number of rotatable bonds is 3. The second-order valence-corrected chi connectivity index (χ2v) is 4.30. The first-order chi connectivity index (χ1) is 6.83. The summed E-state index contributed by atoms with van der Waals surface area (Å²) in [5.74, 6) is 0.660. The molecule has 2 aliphatic heterocycles. The summed E-state index contributed by atoms with van der Waals surface area (Å²) in [5, 5.41) is 8.44. The normalized spacial score (nSPS) is 30.5. The Morgan fingerprint density at radius 1 is 1.36 bits per heavy atom. The predicted octanol–water partition coefficient (Wildman–Crippen LogP) is 1.69. The van der Waals surface area contributed by atoms with Gasteiger partial charge < -0.3 is 4.90 Å². The standard InChI is InChI=1S/C11H16N2O/c12-7-1-2-8-13-10-5-3-9(4-6-10)11(13)14/h9-10H,1-6,8H2. The van der Waals surface area contributed by atoms with Crippen LogP contribution in [0, 0.1) is 17.2 Å². The Kier molecular flexibility index (Phi) is 2.72. The largest absolute Gasteiger partial charge is 0.339 e. The van der Waals surface area contributed by atoms with Gasteiger partial charge in [-0.25, -0.2) is 0 Å². The van der Waals surface area contributed by atoms with Gasteiger partial charge in [0.1, 0.15) is 0 Å². The molecule has 0 aromatic carbocycles. The van der Waals surface area contributed by atoms with Gasteiger partial charge in [-0.3, -0.25) is 4.79 Å². The predicted molar refractivity (Wildman–Crippen MR) is 52.3 cm³/mol. The van der Waals surface area contributed by atoms with E-state index in [9.17, 15) is 4.79 Å². The lowest BCUT2D eigenvalue weighted by Gasteiger charge is -2.44. The fraction of sp³-hybridized carbons (Fsp3) is 0.818. The number of amides is 1. The highest BCUT2D eigenvalue weighted by atomic mass is 16.2. The number of unbranched alkanes of at least 4 members (excludes halogenated alkanes) is 1. The summed E-state index contributed by atoms with van der Waals surface area (Å²) in [6.45, 7) is 0.799. The molecule has 0 N–H and O–H groups in total. The second-order valence-electron chi connectivity index (χ2n) is 4.30. The van der Waals surface area contributed by atoms with Crippen molar-refractivity contribution in [2.75, 3.05) is 6.54 Å². The summed E-state index contributed by atoms with van der Waals surface area (Å²) in [6, 6.07) is 2.62. The van der Waals surface area contributed by atoms with Gasteiger partial charge in [0.05, 0.1) is 6.07 Å². The van der Waals surface area contributed by atoms with E-state index in [4.69, 9.17) is 5.26 Å². The number of carbonyl (C=O) groups excluding carboxylic acids is 1. The monoisotopic (exact) mass is 192 g/mol. The van der Waals surface area contributed by atoms with Crippen molar-refractivity contribution in [2.24, 2.45) is 5.92 Å². The van der Waals surface area contributed by atoms with E-state index in [1.807, 2.05) is 4.90 Å². The third-order valence-corrected chi connectivity index (χ3v) is 3.46. The summed E-state index contributed by atoms with van der Waals surface area (Å²) >= 11 is 0. The Hall–Kier alpha value is -1.04. The van der Waals surface area contributed by atoms with E-state index >= 15 is 0 Å². The molecule has 3 aliphatic rings. The number of nitriles is 1. The van der Waals surface area contributed by atoms with Crippen LogP contribution >= 0.6 is 0 Å². The van der Waals surface area contributed by atoms with Crippen molar-refractivity contribution in [1.29, 1.82) is 5.26 Å². The van der Waals surface area contributed by atoms with Crippen LogP contribution in [0.15, 0.2) is 0 Å². The maximum Gasteiger partial charge on any atom is 0.225 e. The molecule has 1 amide bonds. The van der Waals surface area contributed by atoms with Gasteiger partial charge in [0, 0.05) is 24.9 Å². The molecule has 0 unspecified atom stereocenters. The van der Waals surface area contributed by atoms with Crippen molar-refractivity contribution < 1.29 is 4.79 Å². The molecule has 2 heterocycles. The van der Waals surface area contributed by atoms with Gasteiger partial charge >= 0.3 is 0 Å². The number of fused-ring (bicyclic) bond motifs is 3. The summed E-state index contributed by atoms with van der Waals surface area (Å²) in [6.07, 6.45) is 5.97. The van der Waals surface area contributed by atoms with E-state index in [1.165, 1.54) is 12.8 Å². The quantitative estimate of drug-likeness (QED) is 0.639. The minimum Gasteiger partial charge on any atom is -0.339 e. The van der Waals surface area contributed by atoms with E-state index in [2.05, 4.69) is 6.07 Å². The molecular weight excluding hydrogens is 176 g/mol. The van der Waals surface area contributed by atoms with Crippen LogP contribution in [0.4, 0.5) is 0 Å². The van der Waals surface area contributed by atoms with Gasteiger partial charge in [-0.15, -0.1) is 0 Å². The van der Waals surface area contributed by atoms with E-state index in [0.29, 0.717) is 24.3 Å². The van der Waals surface area contributed by atoms with Crippen molar-refractivity contribution >= 4 is 5.91 Å². The zero-order valence-corrected chi connectivity index (χ0v) is 8.41. The first-order valence-electron chi connectivity index (χ1n) is 5.50. The molecule has 3 rings (SSSR count). The fourth-order valence-corrected chi connectivity index (χ4v) is 2.67. The van der Waals surface area contributed by atoms with Gasteiger partial charge in [0.2, 0.25) is 5.91 Å². The molecule has 3 fully saturated rings. The molecule has 76 valence electrons. The average Bonchev–Trinajstić information content (AvgIpc) is 2.23. The Morgan fingerprint density at radius 2 is 2.07 bits per heavy atom. The zero-order chi connectivity index (χ0) is 9.97. The molecule has 2 bridgehead atoms. The summed E-state index contributed by atoms with van der Waals surface area (Å²) in [5.41, 5.74) is 0. The molecule has 1 saturated carbocycles. The maximum atomic E-state index is 11.8. The van der Waals surface area contributed by atoms with Crippen molar-refractivity contribution in [3.8, 4) is 6.07 Å². The van der Waals surface area contributed by atoms with Gasteiger partial charge in [0.15, 0.2) is 0 Å². The van der Waals surface area contributed by atoms with Gasteiger partial charge in [-0.05, 0) is 32.1 Å². The second kappa shape index (κ2) is 4.00. The molecule has 0 aromatic heterocycles. The smallest absolute Gasteiger partial charge is 0.225 e. The molecule has 2 saturated heterocycles. The topological polar surface area (TPSA) is 44.1 Å². The number of piperidine rings is 2. The molecule has 0 atom stereocenters. The molecule has 0 spiro atoms. The van der Waals surface area contributed by atoms with E-state index in [0.717, 1.165) is 25.8 Å². The van der Waals surface area contributed by atoms with E-state index < -0.39 is 0 Å². The maximum absolute atomic E-state index is 11.8. The number of nitrogens with zero attached hydrogens (tertiary/aromatic N) is 2. The Morgan fingerprint density at radius 3 is 2.64 bits per heavy atom. The SMILES string of the molecule is N#CCCCN1C(=O)C2CCC1CC2. The summed E-state index contributed by atoms with van der Waals surface area (Å²) < 4.78 is 0. The lowest BCUT2D eigenvalue weighted by molar-refractivity contribution is -0.146. The third-order valence-electron chi connectivity index (χ3n) is 3.46. The van der Waals surface area contributed by atoms with Crippen LogP contribution in [0.2, 0.25) is 0 Å². The zero-order valence-electron chi connectivity index (χ0n) is 8.41. The van der Waals surface area contributed by atoms with Crippen LogP contribution in [0.5, 0.6) is 0 Å². The summed E-state index contributed by atoms with van der Waals surface area (Å²) in [4.78, 5) is 13.8.